The molecule has 142 valence electrons. The molecule has 0 amide bonds. The number of rotatable bonds is 3. The molecule has 3 heterocycles. The number of fused-ring (bicyclic) bond motifs is 2. The van der Waals surface area contributed by atoms with E-state index in [4.69, 9.17) is 5.73 Å². The van der Waals surface area contributed by atoms with Crippen LogP contribution in [0.4, 0.5) is 10.2 Å². The largest absolute Gasteiger partial charge is 0.477 e. The molecule has 3 unspecified atom stereocenters. The molecule has 2 aliphatic carbocycles. The summed E-state index contributed by atoms with van der Waals surface area (Å²) < 4.78 is 16.6. The Labute approximate surface area is 154 Å². The van der Waals surface area contributed by atoms with Gasteiger partial charge in [0.1, 0.15) is 11.2 Å². The van der Waals surface area contributed by atoms with Crippen LogP contribution in [0.25, 0.3) is 11.0 Å². The van der Waals surface area contributed by atoms with E-state index >= 15 is 0 Å². The first-order valence-electron chi connectivity index (χ1n) is 9.43. The van der Waals surface area contributed by atoms with Gasteiger partial charge in [0.15, 0.2) is 11.6 Å². The molecule has 0 radical (unpaired) electrons. The van der Waals surface area contributed by atoms with E-state index in [9.17, 15) is 19.1 Å². The van der Waals surface area contributed by atoms with Crippen LogP contribution in [-0.4, -0.2) is 39.8 Å². The van der Waals surface area contributed by atoms with Gasteiger partial charge in [-0.2, -0.15) is 0 Å². The molecule has 7 nitrogen and oxygen atoms in total. The number of anilines is 1. The van der Waals surface area contributed by atoms with E-state index in [1.807, 2.05) is 4.90 Å². The molecule has 3 atom stereocenters. The number of aromatic carboxylic acids is 1. The highest BCUT2D eigenvalue weighted by Gasteiger charge is 2.43. The smallest absolute Gasteiger partial charge is 0.341 e. The lowest BCUT2D eigenvalue weighted by Gasteiger charge is -2.50. The van der Waals surface area contributed by atoms with Crippen molar-refractivity contribution in [2.24, 2.45) is 17.6 Å². The fourth-order valence-electron chi connectivity index (χ4n) is 4.57. The van der Waals surface area contributed by atoms with Gasteiger partial charge in [-0.25, -0.2) is 14.2 Å². The number of carboxylic acid groups (broad SMARTS) is 1. The predicted molar refractivity (Wildman–Crippen MR) is 97.6 cm³/mol. The number of aromatic nitrogens is 2. The van der Waals surface area contributed by atoms with Crippen molar-refractivity contribution in [2.45, 2.75) is 37.8 Å². The molecule has 3 fully saturated rings. The molecule has 8 heteroatoms. The Morgan fingerprint density at radius 1 is 1.33 bits per heavy atom. The van der Waals surface area contributed by atoms with Crippen molar-refractivity contribution >= 4 is 22.8 Å². The molecule has 3 N–H and O–H groups in total. The van der Waals surface area contributed by atoms with E-state index in [1.165, 1.54) is 6.20 Å². The number of pyridine rings is 2. The van der Waals surface area contributed by atoms with Gasteiger partial charge in [0.2, 0.25) is 5.43 Å². The first kappa shape index (κ1) is 16.7. The molecule has 2 aromatic heterocycles. The molecular weight excluding hydrogens is 351 g/mol. The lowest BCUT2D eigenvalue weighted by atomic mass is 9.66. The van der Waals surface area contributed by atoms with Crippen molar-refractivity contribution in [3.05, 3.63) is 33.9 Å². The predicted octanol–water partition coefficient (Wildman–Crippen LogP) is 1.74. The van der Waals surface area contributed by atoms with Gasteiger partial charge in [-0.05, 0) is 43.6 Å². The van der Waals surface area contributed by atoms with E-state index in [0.29, 0.717) is 30.6 Å². The first-order chi connectivity index (χ1) is 12.9. The lowest BCUT2D eigenvalue weighted by molar-refractivity contribution is 0.0695. The zero-order valence-corrected chi connectivity index (χ0v) is 14.8. The summed E-state index contributed by atoms with van der Waals surface area (Å²) >= 11 is 0. The second-order valence-corrected chi connectivity index (χ2v) is 8.04. The second-order valence-electron chi connectivity index (χ2n) is 8.04. The summed E-state index contributed by atoms with van der Waals surface area (Å²) in [4.78, 5) is 30.4. The highest BCUT2D eigenvalue weighted by molar-refractivity contribution is 5.92. The fraction of sp³-hybridized carbons (Fsp3) is 0.526. The minimum atomic E-state index is -1.30. The van der Waals surface area contributed by atoms with E-state index in [1.54, 1.807) is 4.57 Å². The van der Waals surface area contributed by atoms with Crippen molar-refractivity contribution in [2.75, 3.05) is 18.0 Å². The standard InChI is InChI=1S/C19H21FN4O3/c20-14-6-11-16(25)13(19(26)27)8-24(10-1-2-10)17(11)22-18(14)23-4-3-9-5-15(21)12(9)7-23/h6,8-10,12,15H,1-5,7,21H2,(H,26,27). The topological polar surface area (TPSA) is 101 Å². The van der Waals surface area contributed by atoms with Crippen molar-refractivity contribution in [3.8, 4) is 0 Å². The molecule has 5 rings (SSSR count). The Hall–Kier alpha value is -2.48. The molecular formula is C19H21FN4O3. The van der Waals surface area contributed by atoms with Crippen molar-refractivity contribution in [3.63, 3.8) is 0 Å². The molecule has 1 saturated heterocycles. The quantitative estimate of drug-likeness (QED) is 0.851. The maximum atomic E-state index is 14.9. The van der Waals surface area contributed by atoms with Gasteiger partial charge in [-0.15, -0.1) is 0 Å². The van der Waals surface area contributed by atoms with E-state index in [2.05, 4.69) is 4.98 Å². The minimum absolute atomic E-state index is 0.0262. The number of carbonyl (C=O) groups is 1. The van der Waals surface area contributed by atoms with Crippen molar-refractivity contribution in [1.29, 1.82) is 0 Å². The third kappa shape index (κ3) is 2.54. The van der Waals surface area contributed by atoms with Crippen LogP contribution in [0.1, 0.15) is 42.1 Å². The van der Waals surface area contributed by atoms with Crippen LogP contribution in [-0.2, 0) is 0 Å². The Morgan fingerprint density at radius 2 is 2.11 bits per heavy atom. The van der Waals surface area contributed by atoms with Crippen LogP contribution in [0.15, 0.2) is 17.1 Å². The van der Waals surface area contributed by atoms with Gasteiger partial charge in [0.25, 0.3) is 0 Å². The van der Waals surface area contributed by atoms with Gasteiger partial charge in [-0.3, -0.25) is 4.79 Å². The average Bonchev–Trinajstić information content (AvgIpc) is 3.46. The third-order valence-electron chi connectivity index (χ3n) is 6.34. The second kappa shape index (κ2) is 5.76. The summed E-state index contributed by atoms with van der Waals surface area (Å²) in [5.41, 5.74) is 5.43. The summed E-state index contributed by atoms with van der Waals surface area (Å²) in [6.45, 7) is 1.38. The Morgan fingerprint density at radius 3 is 2.78 bits per heavy atom. The number of piperidine rings is 1. The zero-order valence-electron chi connectivity index (χ0n) is 14.8. The van der Waals surface area contributed by atoms with Gasteiger partial charge >= 0.3 is 5.97 Å². The number of hydrogen-bond donors (Lipinski definition) is 2. The van der Waals surface area contributed by atoms with Crippen molar-refractivity contribution < 1.29 is 14.3 Å². The Kier molecular flexibility index (Phi) is 3.56. The van der Waals surface area contributed by atoms with Crippen LogP contribution >= 0.6 is 0 Å². The maximum absolute atomic E-state index is 14.9. The summed E-state index contributed by atoms with van der Waals surface area (Å²) in [6.07, 6.45) is 5.14. The normalized spacial score (nSPS) is 27.3. The monoisotopic (exact) mass is 372 g/mol. The SMILES string of the molecule is NC1CC2CCN(c3nc4c(cc3F)c(=O)c(C(=O)O)cn4C3CC3)CC12. The summed E-state index contributed by atoms with van der Waals surface area (Å²) in [5.74, 6) is -0.687. The number of halogens is 1. The molecule has 0 spiro atoms. The summed E-state index contributed by atoms with van der Waals surface area (Å²) in [6, 6.07) is 1.42. The summed E-state index contributed by atoms with van der Waals surface area (Å²) in [5, 5.41) is 9.34. The number of carboxylic acids is 1. The molecule has 27 heavy (non-hydrogen) atoms. The van der Waals surface area contributed by atoms with Gasteiger partial charge in [0.05, 0.1) is 5.39 Å². The third-order valence-corrected chi connectivity index (χ3v) is 6.34. The fourth-order valence-corrected chi connectivity index (χ4v) is 4.57. The van der Waals surface area contributed by atoms with E-state index < -0.39 is 17.2 Å². The van der Waals surface area contributed by atoms with Gasteiger partial charge in [0, 0.05) is 31.4 Å². The highest BCUT2D eigenvalue weighted by atomic mass is 19.1. The minimum Gasteiger partial charge on any atom is -0.477 e. The average molecular weight is 372 g/mol. The number of hydrogen-bond acceptors (Lipinski definition) is 5. The molecule has 0 bridgehead atoms. The number of nitrogens with two attached hydrogens (primary N) is 1. The van der Waals surface area contributed by atoms with Gasteiger partial charge < -0.3 is 20.3 Å². The molecule has 0 aromatic carbocycles. The Bertz CT molecular complexity index is 1020. The van der Waals surface area contributed by atoms with E-state index in [-0.39, 0.29) is 28.9 Å². The first-order valence-corrected chi connectivity index (χ1v) is 9.43. The van der Waals surface area contributed by atoms with Gasteiger partial charge in [-0.1, -0.05) is 0 Å². The lowest BCUT2D eigenvalue weighted by Crippen LogP contribution is -2.57. The molecule has 2 saturated carbocycles. The molecule has 3 aliphatic rings. The summed E-state index contributed by atoms with van der Waals surface area (Å²) in [7, 11) is 0. The van der Waals surface area contributed by atoms with E-state index in [0.717, 1.165) is 31.7 Å². The molecule has 1 aliphatic heterocycles. The highest BCUT2D eigenvalue weighted by Crippen LogP contribution is 2.41. The molecule has 2 aromatic rings. The zero-order chi connectivity index (χ0) is 18.9. The van der Waals surface area contributed by atoms with Crippen LogP contribution in [0, 0.1) is 17.7 Å². The van der Waals surface area contributed by atoms with Crippen molar-refractivity contribution in [1.82, 2.24) is 9.55 Å². The number of nitrogens with zero attached hydrogens (tertiary/aromatic N) is 3. The van der Waals surface area contributed by atoms with Crippen LogP contribution < -0.4 is 16.1 Å². The van der Waals surface area contributed by atoms with Crippen LogP contribution in [0.5, 0.6) is 0 Å². The van der Waals surface area contributed by atoms with Crippen LogP contribution in [0.3, 0.4) is 0 Å². The maximum Gasteiger partial charge on any atom is 0.341 e. The Balaban J connectivity index is 1.64. The van der Waals surface area contributed by atoms with Crippen LogP contribution in [0.2, 0.25) is 0 Å².